The molecule has 10 heteroatoms. The molecule has 10 nitrogen and oxygen atoms in total. The van der Waals surface area contributed by atoms with E-state index in [4.69, 9.17) is 14.2 Å². The van der Waals surface area contributed by atoms with Gasteiger partial charge in [-0.25, -0.2) is 0 Å². The summed E-state index contributed by atoms with van der Waals surface area (Å²) in [6, 6.07) is 4.81. The average molecular weight is 478 g/mol. The number of nitrogens with one attached hydrogen (secondary N) is 1. The standard InChI is InChI=1S/C24H35N3O7/c1-5-32-19-11-10-17(13-20(19)33-6-2)23(30)25-14-21(28)26(4)16-22(29)27-12-8-9-18(15-27)24(31)34-7-3/h10-11,13,18H,5-9,12,14-16H2,1-4H3,(H,25,30). The highest BCUT2D eigenvalue weighted by atomic mass is 16.5. The van der Waals surface area contributed by atoms with E-state index >= 15 is 0 Å². The minimum Gasteiger partial charge on any atom is -0.490 e. The molecule has 0 aliphatic carbocycles. The Morgan fingerprint density at radius 2 is 1.76 bits per heavy atom. The van der Waals surface area contributed by atoms with E-state index in [-0.39, 0.29) is 37.4 Å². The number of ether oxygens (including phenoxy) is 3. The summed E-state index contributed by atoms with van der Waals surface area (Å²) in [7, 11) is 1.50. The molecule has 0 spiro atoms. The summed E-state index contributed by atoms with van der Waals surface area (Å²) < 4.78 is 16.1. The molecule has 1 heterocycles. The highest BCUT2D eigenvalue weighted by Crippen LogP contribution is 2.28. The fourth-order valence-corrected chi connectivity index (χ4v) is 3.63. The number of amides is 3. The van der Waals surface area contributed by atoms with Gasteiger partial charge in [-0.15, -0.1) is 0 Å². The monoisotopic (exact) mass is 477 g/mol. The van der Waals surface area contributed by atoms with Crippen LogP contribution in [0.1, 0.15) is 44.0 Å². The summed E-state index contributed by atoms with van der Waals surface area (Å²) in [6.45, 7) is 7.04. The molecule has 1 N–H and O–H groups in total. The fraction of sp³-hybridized carbons (Fsp3) is 0.583. The van der Waals surface area contributed by atoms with Gasteiger partial charge in [0.05, 0.1) is 38.8 Å². The zero-order chi connectivity index (χ0) is 25.1. The molecule has 34 heavy (non-hydrogen) atoms. The second-order valence-electron chi connectivity index (χ2n) is 7.89. The van der Waals surface area contributed by atoms with E-state index in [1.54, 1.807) is 30.0 Å². The quantitative estimate of drug-likeness (QED) is 0.480. The van der Waals surface area contributed by atoms with Crippen LogP contribution >= 0.6 is 0 Å². The lowest BCUT2D eigenvalue weighted by atomic mass is 9.98. The van der Waals surface area contributed by atoms with Crippen molar-refractivity contribution in [2.24, 2.45) is 5.92 Å². The van der Waals surface area contributed by atoms with Crippen LogP contribution in [0.15, 0.2) is 18.2 Å². The summed E-state index contributed by atoms with van der Waals surface area (Å²) in [6.07, 6.45) is 1.38. The van der Waals surface area contributed by atoms with E-state index in [0.29, 0.717) is 56.3 Å². The van der Waals surface area contributed by atoms with Crippen LogP contribution in [0.25, 0.3) is 0 Å². The normalized spacial score (nSPS) is 15.3. The number of hydrogen-bond donors (Lipinski definition) is 1. The van der Waals surface area contributed by atoms with E-state index in [1.165, 1.54) is 11.9 Å². The highest BCUT2D eigenvalue weighted by molar-refractivity contribution is 5.97. The van der Waals surface area contributed by atoms with Crippen molar-refractivity contribution in [2.45, 2.75) is 33.6 Å². The number of hydrogen-bond acceptors (Lipinski definition) is 7. The zero-order valence-electron chi connectivity index (χ0n) is 20.4. The van der Waals surface area contributed by atoms with Gasteiger partial charge in [-0.2, -0.15) is 0 Å². The van der Waals surface area contributed by atoms with Gasteiger partial charge in [-0.3, -0.25) is 19.2 Å². The van der Waals surface area contributed by atoms with Crippen LogP contribution in [-0.4, -0.2) is 86.5 Å². The van der Waals surface area contributed by atoms with Crippen LogP contribution in [0.4, 0.5) is 0 Å². The lowest BCUT2D eigenvalue weighted by Gasteiger charge is -2.32. The smallest absolute Gasteiger partial charge is 0.310 e. The van der Waals surface area contributed by atoms with Gasteiger partial charge in [0, 0.05) is 25.7 Å². The molecule has 1 aliphatic rings. The summed E-state index contributed by atoms with van der Waals surface area (Å²) in [5.74, 6) is -0.736. The number of carbonyl (C=O) groups is 4. The first-order valence-corrected chi connectivity index (χ1v) is 11.7. The Morgan fingerprint density at radius 3 is 2.44 bits per heavy atom. The lowest BCUT2D eigenvalue weighted by Crippen LogP contribution is -2.48. The molecule has 0 saturated carbocycles. The van der Waals surface area contributed by atoms with Crippen molar-refractivity contribution in [3.05, 3.63) is 23.8 Å². The molecular weight excluding hydrogens is 442 g/mol. The highest BCUT2D eigenvalue weighted by Gasteiger charge is 2.30. The topological polar surface area (TPSA) is 114 Å². The van der Waals surface area contributed by atoms with Crippen LogP contribution in [0.5, 0.6) is 11.5 Å². The second kappa shape index (κ2) is 13.4. The fourth-order valence-electron chi connectivity index (χ4n) is 3.63. The molecule has 1 atom stereocenters. The summed E-state index contributed by atoms with van der Waals surface area (Å²) in [5, 5.41) is 2.58. The molecule has 2 rings (SSSR count). The Bertz CT molecular complexity index is 874. The van der Waals surface area contributed by atoms with E-state index in [1.807, 2.05) is 13.8 Å². The first kappa shape index (κ1) is 26.9. The second-order valence-corrected chi connectivity index (χ2v) is 7.89. The van der Waals surface area contributed by atoms with E-state index in [2.05, 4.69) is 5.32 Å². The molecule has 0 bridgehead atoms. The van der Waals surface area contributed by atoms with Crippen molar-refractivity contribution in [1.82, 2.24) is 15.1 Å². The summed E-state index contributed by atoms with van der Waals surface area (Å²) in [5.41, 5.74) is 0.330. The van der Waals surface area contributed by atoms with Gasteiger partial charge < -0.3 is 29.3 Å². The zero-order valence-corrected chi connectivity index (χ0v) is 20.4. The molecule has 1 aliphatic heterocycles. The Kier molecular flexibility index (Phi) is 10.6. The Hall–Kier alpha value is -3.30. The first-order chi connectivity index (χ1) is 16.3. The van der Waals surface area contributed by atoms with Crippen LogP contribution < -0.4 is 14.8 Å². The number of esters is 1. The van der Waals surface area contributed by atoms with Gasteiger partial charge in [0.1, 0.15) is 0 Å². The average Bonchev–Trinajstić information content (AvgIpc) is 2.83. The summed E-state index contributed by atoms with van der Waals surface area (Å²) in [4.78, 5) is 52.5. The number of rotatable bonds is 11. The van der Waals surface area contributed by atoms with Gasteiger partial charge >= 0.3 is 5.97 Å². The van der Waals surface area contributed by atoms with Crippen molar-refractivity contribution in [3.63, 3.8) is 0 Å². The number of likely N-dealkylation sites (N-methyl/N-ethyl adjacent to an activating group) is 1. The van der Waals surface area contributed by atoms with Gasteiger partial charge in [0.15, 0.2) is 11.5 Å². The van der Waals surface area contributed by atoms with E-state index in [0.717, 1.165) is 0 Å². The molecule has 0 aromatic heterocycles. The van der Waals surface area contributed by atoms with Crippen LogP contribution in [0, 0.1) is 5.92 Å². The van der Waals surface area contributed by atoms with Crippen molar-refractivity contribution in [1.29, 1.82) is 0 Å². The number of nitrogens with zero attached hydrogens (tertiary/aromatic N) is 2. The van der Waals surface area contributed by atoms with Crippen molar-refractivity contribution < 1.29 is 33.4 Å². The SMILES string of the molecule is CCOC(=O)C1CCCN(C(=O)CN(C)C(=O)CNC(=O)c2ccc(OCC)c(OCC)c2)C1. The van der Waals surface area contributed by atoms with Gasteiger partial charge in [0.2, 0.25) is 11.8 Å². The lowest BCUT2D eigenvalue weighted by molar-refractivity contribution is -0.152. The Balaban J connectivity index is 1.87. The molecule has 1 fully saturated rings. The van der Waals surface area contributed by atoms with Crippen molar-refractivity contribution in [3.8, 4) is 11.5 Å². The van der Waals surface area contributed by atoms with E-state index < -0.39 is 11.8 Å². The molecule has 3 amide bonds. The Labute approximate surface area is 200 Å². The van der Waals surface area contributed by atoms with Gasteiger partial charge in [0.25, 0.3) is 5.91 Å². The molecule has 1 saturated heterocycles. The number of likely N-dealkylation sites (tertiary alicyclic amines) is 1. The maximum atomic E-state index is 12.6. The van der Waals surface area contributed by atoms with Crippen LogP contribution in [0.3, 0.4) is 0 Å². The van der Waals surface area contributed by atoms with Crippen molar-refractivity contribution in [2.75, 3.05) is 53.0 Å². The molecule has 1 aromatic carbocycles. The van der Waals surface area contributed by atoms with Crippen LogP contribution in [-0.2, 0) is 19.1 Å². The largest absolute Gasteiger partial charge is 0.490 e. The van der Waals surface area contributed by atoms with Gasteiger partial charge in [-0.1, -0.05) is 0 Å². The minimum absolute atomic E-state index is 0.137. The molecule has 188 valence electrons. The number of piperidine rings is 1. The third kappa shape index (κ3) is 7.64. The predicted octanol–water partition coefficient (Wildman–Crippen LogP) is 1.47. The number of benzene rings is 1. The molecule has 1 aromatic rings. The van der Waals surface area contributed by atoms with Crippen LogP contribution in [0.2, 0.25) is 0 Å². The first-order valence-electron chi connectivity index (χ1n) is 11.7. The number of carbonyl (C=O) groups excluding carboxylic acids is 4. The maximum Gasteiger partial charge on any atom is 0.310 e. The minimum atomic E-state index is -0.439. The maximum absolute atomic E-state index is 12.6. The predicted molar refractivity (Wildman–Crippen MR) is 125 cm³/mol. The molecule has 0 radical (unpaired) electrons. The molecule has 1 unspecified atom stereocenters. The molecular formula is C24H35N3O7. The third-order valence-electron chi connectivity index (χ3n) is 5.40. The summed E-state index contributed by atoms with van der Waals surface area (Å²) >= 11 is 0. The van der Waals surface area contributed by atoms with E-state index in [9.17, 15) is 19.2 Å². The third-order valence-corrected chi connectivity index (χ3v) is 5.40. The van der Waals surface area contributed by atoms with Gasteiger partial charge in [-0.05, 0) is 51.8 Å². The Morgan fingerprint density at radius 1 is 1.06 bits per heavy atom. The van der Waals surface area contributed by atoms with Crippen molar-refractivity contribution >= 4 is 23.7 Å².